The van der Waals surface area contributed by atoms with Gasteiger partial charge in [0.15, 0.2) is 0 Å². The van der Waals surface area contributed by atoms with Gasteiger partial charge in [0.05, 0.1) is 21.6 Å². The van der Waals surface area contributed by atoms with Crippen LogP contribution in [0.2, 0.25) is 0 Å². The van der Waals surface area contributed by atoms with Crippen LogP contribution in [0.3, 0.4) is 0 Å². The molecular weight excluding hydrogens is 440 g/mol. The van der Waals surface area contributed by atoms with Crippen LogP contribution >= 0.6 is 0 Å². The predicted molar refractivity (Wildman–Crippen MR) is 129 cm³/mol. The predicted octanol–water partition coefficient (Wildman–Crippen LogP) is 3.55. The monoisotopic (exact) mass is 464 g/mol. The summed E-state index contributed by atoms with van der Waals surface area (Å²) in [4.78, 5) is 25.3. The number of aryl methyl sites for hydroxylation is 3. The molecule has 0 unspecified atom stereocenters. The van der Waals surface area contributed by atoms with Crippen molar-refractivity contribution in [3.8, 4) is 0 Å². The topological polar surface area (TPSA) is 102 Å². The van der Waals surface area contributed by atoms with Crippen molar-refractivity contribution in [2.45, 2.75) is 18.7 Å². The van der Waals surface area contributed by atoms with Crippen LogP contribution in [-0.2, 0) is 24.1 Å². The van der Waals surface area contributed by atoms with E-state index in [0.717, 1.165) is 11.1 Å². The molecule has 33 heavy (non-hydrogen) atoms. The molecule has 8 nitrogen and oxygen atoms in total. The van der Waals surface area contributed by atoms with E-state index in [1.807, 2.05) is 6.92 Å². The molecule has 0 fully saturated rings. The van der Waals surface area contributed by atoms with Crippen LogP contribution in [0, 0.1) is 13.8 Å². The van der Waals surface area contributed by atoms with Crippen molar-refractivity contribution in [1.29, 1.82) is 0 Å². The van der Waals surface area contributed by atoms with Gasteiger partial charge >= 0.3 is 5.69 Å². The van der Waals surface area contributed by atoms with Crippen molar-refractivity contribution in [3.05, 3.63) is 87.8 Å². The van der Waals surface area contributed by atoms with E-state index in [4.69, 9.17) is 0 Å². The molecule has 0 atom stereocenters. The molecule has 0 aliphatic heterocycles. The Hall–Kier alpha value is -3.85. The lowest BCUT2D eigenvalue weighted by Gasteiger charge is -2.14. The zero-order chi connectivity index (χ0) is 23.9. The quantitative estimate of drug-likeness (QED) is 0.472. The number of nitrogens with one attached hydrogen (secondary N) is 2. The van der Waals surface area contributed by atoms with Crippen LogP contribution in [0.15, 0.2) is 70.4 Å². The molecule has 0 spiro atoms. The number of nitrogens with zero attached hydrogens (tertiary/aromatic N) is 2. The van der Waals surface area contributed by atoms with Crippen LogP contribution in [0.4, 0.5) is 11.4 Å². The number of hydrogen-bond donors (Lipinski definition) is 2. The maximum absolute atomic E-state index is 13.0. The highest BCUT2D eigenvalue weighted by molar-refractivity contribution is 7.92. The van der Waals surface area contributed by atoms with Gasteiger partial charge in [-0.05, 0) is 61.9 Å². The Balaban J connectivity index is 1.61. The molecular formula is C24H24N4O4S. The normalized spacial score (nSPS) is 11.5. The third-order valence-electron chi connectivity index (χ3n) is 5.68. The fourth-order valence-electron chi connectivity index (χ4n) is 3.70. The number of aromatic nitrogens is 2. The van der Waals surface area contributed by atoms with Crippen molar-refractivity contribution in [3.63, 3.8) is 0 Å². The number of fused-ring (bicyclic) bond motifs is 1. The van der Waals surface area contributed by atoms with Gasteiger partial charge in [-0.1, -0.05) is 23.8 Å². The summed E-state index contributed by atoms with van der Waals surface area (Å²) in [7, 11) is -0.441. The lowest BCUT2D eigenvalue weighted by atomic mass is 10.1. The van der Waals surface area contributed by atoms with Crippen LogP contribution < -0.4 is 15.7 Å². The smallest absolute Gasteiger partial charge is 0.322 e. The third-order valence-corrected chi connectivity index (χ3v) is 7.07. The summed E-state index contributed by atoms with van der Waals surface area (Å²) in [5.74, 6) is -0.385. The third kappa shape index (κ3) is 4.14. The first-order valence-electron chi connectivity index (χ1n) is 10.2. The van der Waals surface area contributed by atoms with Crippen LogP contribution in [0.25, 0.3) is 11.0 Å². The highest BCUT2D eigenvalue weighted by Gasteiger charge is 2.18. The molecule has 0 radical (unpaired) electrons. The van der Waals surface area contributed by atoms with Gasteiger partial charge in [0.1, 0.15) is 0 Å². The zero-order valence-electron chi connectivity index (χ0n) is 18.7. The minimum atomic E-state index is -3.80. The second-order valence-corrected chi connectivity index (χ2v) is 9.64. The minimum Gasteiger partial charge on any atom is -0.322 e. The van der Waals surface area contributed by atoms with Crippen LogP contribution in [-0.4, -0.2) is 23.5 Å². The molecule has 2 N–H and O–H groups in total. The van der Waals surface area contributed by atoms with E-state index in [1.54, 1.807) is 69.6 Å². The SMILES string of the molecule is Cc1ccc(S(=O)(=O)Nc2cccc(C(=O)Nc3ccc4c(c3)n(C)c(=O)n4C)c2C)cc1. The lowest BCUT2D eigenvalue weighted by Crippen LogP contribution is -2.19. The Labute approximate surface area is 191 Å². The number of sulfonamides is 1. The van der Waals surface area contributed by atoms with E-state index in [0.29, 0.717) is 28.0 Å². The fourth-order valence-corrected chi connectivity index (χ4v) is 4.82. The molecule has 4 aromatic rings. The number of benzene rings is 3. The number of imidazole rings is 1. The molecule has 9 heteroatoms. The Kier molecular flexibility index (Phi) is 5.59. The first kappa shape index (κ1) is 22.3. The standard InChI is InChI=1S/C24H24N4O4S/c1-15-8-11-18(12-9-15)33(31,32)26-20-7-5-6-19(16(20)2)23(29)25-17-10-13-21-22(14-17)28(4)24(30)27(21)3/h5-14,26H,1-4H3,(H,25,29). The molecule has 1 aromatic heterocycles. The van der Waals surface area contributed by atoms with Crippen molar-refractivity contribution < 1.29 is 13.2 Å². The second kappa shape index (κ2) is 8.25. The summed E-state index contributed by atoms with van der Waals surface area (Å²) in [6, 6.07) is 16.6. The molecule has 1 amide bonds. The Bertz CT molecular complexity index is 1550. The highest BCUT2D eigenvalue weighted by atomic mass is 32.2. The van der Waals surface area contributed by atoms with Crippen molar-refractivity contribution in [2.24, 2.45) is 14.1 Å². The molecule has 170 valence electrons. The van der Waals surface area contributed by atoms with Crippen LogP contribution in [0.5, 0.6) is 0 Å². The maximum atomic E-state index is 13.0. The average Bonchev–Trinajstić information content (AvgIpc) is 2.99. The molecule has 0 aliphatic carbocycles. The number of rotatable bonds is 5. The summed E-state index contributed by atoms with van der Waals surface area (Å²) >= 11 is 0. The lowest BCUT2D eigenvalue weighted by molar-refractivity contribution is 0.102. The number of anilines is 2. The van der Waals surface area contributed by atoms with E-state index in [1.165, 1.54) is 21.3 Å². The Morgan fingerprint density at radius 3 is 2.24 bits per heavy atom. The Morgan fingerprint density at radius 2 is 1.55 bits per heavy atom. The molecule has 0 saturated carbocycles. The summed E-state index contributed by atoms with van der Waals surface area (Å²) < 4.78 is 31.2. The number of hydrogen-bond acceptors (Lipinski definition) is 4. The fraction of sp³-hybridized carbons (Fsp3) is 0.167. The summed E-state index contributed by atoms with van der Waals surface area (Å²) in [5, 5.41) is 2.83. The molecule has 4 rings (SSSR count). The minimum absolute atomic E-state index is 0.143. The molecule has 0 aliphatic rings. The second-order valence-electron chi connectivity index (χ2n) is 7.95. The molecule has 0 bridgehead atoms. The zero-order valence-corrected chi connectivity index (χ0v) is 19.5. The van der Waals surface area contributed by atoms with Crippen molar-refractivity contribution in [1.82, 2.24) is 9.13 Å². The number of amides is 1. The van der Waals surface area contributed by atoms with Gasteiger partial charge in [-0.2, -0.15) is 0 Å². The maximum Gasteiger partial charge on any atom is 0.328 e. The van der Waals surface area contributed by atoms with E-state index in [-0.39, 0.29) is 16.5 Å². The van der Waals surface area contributed by atoms with E-state index >= 15 is 0 Å². The van der Waals surface area contributed by atoms with Gasteiger partial charge in [0.2, 0.25) is 0 Å². The van der Waals surface area contributed by atoms with Gasteiger partial charge < -0.3 is 5.32 Å². The largest absolute Gasteiger partial charge is 0.328 e. The van der Waals surface area contributed by atoms with Crippen molar-refractivity contribution >= 4 is 38.3 Å². The summed E-state index contributed by atoms with van der Waals surface area (Å²) in [5.41, 5.74) is 3.93. The average molecular weight is 465 g/mol. The van der Waals surface area contributed by atoms with E-state index in [9.17, 15) is 18.0 Å². The Morgan fingerprint density at radius 1 is 0.879 bits per heavy atom. The van der Waals surface area contributed by atoms with Gasteiger partial charge in [-0.15, -0.1) is 0 Å². The summed E-state index contributed by atoms with van der Waals surface area (Å²) in [6.07, 6.45) is 0. The molecule has 1 heterocycles. The van der Waals surface area contributed by atoms with Gasteiger partial charge in [-0.3, -0.25) is 18.7 Å². The van der Waals surface area contributed by atoms with Gasteiger partial charge in [-0.25, -0.2) is 13.2 Å². The van der Waals surface area contributed by atoms with Crippen LogP contribution in [0.1, 0.15) is 21.5 Å². The number of carbonyl (C=O) groups excluding carboxylic acids is 1. The molecule has 0 saturated heterocycles. The van der Waals surface area contributed by atoms with E-state index < -0.39 is 10.0 Å². The first-order valence-corrected chi connectivity index (χ1v) is 11.7. The van der Waals surface area contributed by atoms with Gasteiger partial charge in [0, 0.05) is 25.3 Å². The van der Waals surface area contributed by atoms with Crippen molar-refractivity contribution in [2.75, 3.05) is 10.0 Å². The highest BCUT2D eigenvalue weighted by Crippen LogP contribution is 2.24. The number of carbonyl (C=O) groups is 1. The molecule has 3 aromatic carbocycles. The summed E-state index contributed by atoms with van der Waals surface area (Å²) in [6.45, 7) is 3.57. The van der Waals surface area contributed by atoms with E-state index in [2.05, 4.69) is 10.0 Å². The van der Waals surface area contributed by atoms with Gasteiger partial charge in [0.25, 0.3) is 15.9 Å². The first-order chi connectivity index (χ1) is 15.6.